The lowest BCUT2D eigenvalue weighted by Gasteiger charge is -2.18. The molecule has 2 aromatic carbocycles. The van der Waals surface area contributed by atoms with Gasteiger partial charge in [0.15, 0.2) is 9.84 Å². The van der Waals surface area contributed by atoms with Gasteiger partial charge in [-0.15, -0.1) is 0 Å². The van der Waals surface area contributed by atoms with Crippen LogP contribution in [0.15, 0.2) is 58.3 Å². The number of carbonyl (C=O) groups is 1. The number of rotatable bonds is 10. The zero-order valence-corrected chi connectivity index (χ0v) is 19.4. The Hall–Kier alpha value is -2.47. The lowest BCUT2D eigenvalue weighted by Crippen LogP contribution is -2.29. The first-order valence-corrected chi connectivity index (χ1v) is 12.6. The predicted octanol–water partition coefficient (Wildman–Crippen LogP) is 1.81. The van der Waals surface area contributed by atoms with Gasteiger partial charge in [-0.2, -0.15) is 0 Å². The van der Waals surface area contributed by atoms with Gasteiger partial charge in [0.1, 0.15) is 5.75 Å². The van der Waals surface area contributed by atoms with Crippen LogP contribution in [0.25, 0.3) is 0 Å². The number of sulfonamides is 1. The van der Waals surface area contributed by atoms with E-state index in [4.69, 9.17) is 9.57 Å². The third-order valence-corrected chi connectivity index (χ3v) is 7.29. The third kappa shape index (κ3) is 6.50. The third-order valence-electron chi connectivity index (χ3n) is 4.48. The largest absolute Gasteiger partial charge is 0.493 e. The smallest absolute Gasteiger partial charge is 0.264 e. The molecular weight excluding hydrogens is 444 g/mol. The lowest BCUT2D eigenvalue weighted by molar-refractivity contribution is -0.0258. The number of hydrogen-bond donors (Lipinski definition) is 0. The molecule has 9 nitrogen and oxygen atoms in total. The maximum Gasteiger partial charge on any atom is 0.264 e. The molecule has 0 spiro atoms. The van der Waals surface area contributed by atoms with Crippen molar-refractivity contribution >= 4 is 25.8 Å². The summed E-state index contributed by atoms with van der Waals surface area (Å²) in [4.78, 5) is 19.0. The van der Waals surface area contributed by atoms with Crippen molar-refractivity contribution < 1.29 is 31.2 Å². The van der Waals surface area contributed by atoms with Gasteiger partial charge in [0.2, 0.25) is 0 Å². The van der Waals surface area contributed by atoms with E-state index >= 15 is 0 Å². The molecule has 0 bridgehead atoms. The molecule has 31 heavy (non-hydrogen) atoms. The Bertz CT molecular complexity index is 1110. The molecule has 0 radical (unpaired) electrons. The van der Waals surface area contributed by atoms with E-state index in [0.29, 0.717) is 30.9 Å². The molecule has 2 aromatic rings. The van der Waals surface area contributed by atoms with E-state index in [1.165, 1.54) is 55.5 Å². The monoisotopic (exact) mass is 470 g/mol. The van der Waals surface area contributed by atoms with E-state index in [1.54, 1.807) is 19.2 Å². The van der Waals surface area contributed by atoms with Crippen LogP contribution >= 0.6 is 0 Å². The fraction of sp³-hybridized carbons (Fsp3) is 0.350. The first kappa shape index (κ1) is 24.8. The SMILES string of the molecule is CON(C)S(=O)(=O)c1ccc(C(=O)N(C)CCCOc2cccc(S(C)(=O)=O)c2)cc1. The molecule has 0 aromatic heterocycles. The van der Waals surface area contributed by atoms with Gasteiger partial charge in [0.05, 0.1) is 23.5 Å². The summed E-state index contributed by atoms with van der Waals surface area (Å²) in [5, 5.41) is 0. The van der Waals surface area contributed by atoms with Gasteiger partial charge in [-0.25, -0.2) is 16.8 Å². The fourth-order valence-corrected chi connectivity index (χ4v) is 4.25. The lowest BCUT2D eigenvalue weighted by atomic mass is 10.2. The minimum absolute atomic E-state index is 0.0146. The number of carbonyl (C=O) groups excluding carboxylic acids is 1. The van der Waals surface area contributed by atoms with Crippen LogP contribution in [0.4, 0.5) is 0 Å². The van der Waals surface area contributed by atoms with Crippen LogP contribution in [0.3, 0.4) is 0 Å². The highest BCUT2D eigenvalue weighted by Crippen LogP contribution is 2.18. The molecule has 170 valence electrons. The van der Waals surface area contributed by atoms with Gasteiger partial charge in [-0.1, -0.05) is 10.5 Å². The number of hydroxylamine groups is 1. The van der Waals surface area contributed by atoms with Gasteiger partial charge in [-0.05, 0) is 48.9 Å². The van der Waals surface area contributed by atoms with Crippen LogP contribution in [-0.4, -0.2) is 72.7 Å². The number of nitrogens with zero attached hydrogens (tertiary/aromatic N) is 2. The highest BCUT2D eigenvalue weighted by molar-refractivity contribution is 7.90. The normalized spacial score (nSPS) is 12.0. The Balaban J connectivity index is 1.90. The Morgan fingerprint density at radius 3 is 2.19 bits per heavy atom. The van der Waals surface area contributed by atoms with Crippen LogP contribution < -0.4 is 4.74 Å². The predicted molar refractivity (Wildman–Crippen MR) is 115 cm³/mol. The standard InChI is InChI=1S/C20H26N2O7S2/c1-21(13-6-14-29-17-7-5-8-19(15-17)30(4,24)25)20(23)16-9-11-18(12-10-16)31(26,27)22(2)28-3/h5,7-12,15H,6,13-14H2,1-4H3. The van der Waals surface area contributed by atoms with Crippen molar-refractivity contribution in [1.82, 2.24) is 9.37 Å². The van der Waals surface area contributed by atoms with E-state index in [-0.39, 0.29) is 15.7 Å². The highest BCUT2D eigenvalue weighted by Gasteiger charge is 2.21. The minimum Gasteiger partial charge on any atom is -0.493 e. The summed E-state index contributed by atoms with van der Waals surface area (Å²) >= 11 is 0. The molecule has 0 N–H and O–H groups in total. The molecule has 11 heteroatoms. The number of sulfone groups is 1. The Kier molecular flexibility index (Phi) is 8.18. The maximum atomic E-state index is 12.5. The van der Waals surface area contributed by atoms with Gasteiger partial charge in [0, 0.05) is 32.5 Å². The van der Waals surface area contributed by atoms with Crippen molar-refractivity contribution in [2.45, 2.75) is 16.2 Å². The summed E-state index contributed by atoms with van der Waals surface area (Å²) in [6.07, 6.45) is 1.65. The van der Waals surface area contributed by atoms with E-state index in [1.807, 2.05) is 0 Å². The molecule has 0 aliphatic rings. The van der Waals surface area contributed by atoms with Crippen LogP contribution in [0, 0.1) is 0 Å². The number of amides is 1. The van der Waals surface area contributed by atoms with Crippen molar-refractivity contribution in [2.24, 2.45) is 0 Å². The molecule has 0 aliphatic carbocycles. The van der Waals surface area contributed by atoms with Crippen molar-refractivity contribution in [3.8, 4) is 5.75 Å². The molecule has 0 heterocycles. The van der Waals surface area contributed by atoms with Gasteiger partial charge < -0.3 is 9.64 Å². The van der Waals surface area contributed by atoms with E-state index < -0.39 is 19.9 Å². The van der Waals surface area contributed by atoms with Crippen molar-refractivity contribution in [1.29, 1.82) is 0 Å². The molecule has 0 saturated heterocycles. The first-order chi connectivity index (χ1) is 14.5. The van der Waals surface area contributed by atoms with E-state index in [0.717, 1.165) is 10.7 Å². The Morgan fingerprint density at radius 2 is 1.61 bits per heavy atom. The van der Waals surface area contributed by atoms with Crippen LogP contribution in [-0.2, 0) is 24.7 Å². The van der Waals surface area contributed by atoms with Crippen molar-refractivity contribution in [3.05, 3.63) is 54.1 Å². The molecular formula is C20H26N2O7S2. The Labute approximate surface area is 183 Å². The van der Waals surface area contributed by atoms with Crippen molar-refractivity contribution in [2.75, 3.05) is 40.6 Å². The second-order valence-electron chi connectivity index (χ2n) is 6.80. The summed E-state index contributed by atoms with van der Waals surface area (Å²) in [6, 6.07) is 11.8. The van der Waals surface area contributed by atoms with Crippen LogP contribution in [0.2, 0.25) is 0 Å². The molecule has 0 atom stereocenters. The molecule has 0 unspecified atom stereocenters. The molecule has 0 saturated carbocycles. The highest BCUT2D eigenvalue weighted by atomic mass is 32.2. The topological polar surface area (TPSA) is 110 Å². The van der Waals surface area contributed by atoms with E-state index in [9.17, 15) is 21.6 Å². The zero-order chi connectivity index (χ0) is 23.2. The molecule has 1 amide bonds. The second kappa shape index (κ2) is 10.2. The van der Waals surface area contributed by atoms with Crippen molar-refractivity contribution in [3.63, 3.8) is 0 Å². The summed E-state index contributed by atoms with van der Waals surface area (Å²) in [6.45, 7) is 0.697. The van der Waals surface area contributed by atoms with Crippen LogP contribution in [0.5, 0.6) is 5.75 Å². The Morgan fingerprint density at radius 1 is 0.968 bits per heavy atom. The average molecular weight is 471 g/mol. The molecule has 0 fully saturated rings. The first-order valence-electron chi connectivity index (χ1n) is 9.28. The minimum atomic E-state index is -3.78. The summed E-state index contributed by atoms with van der Waals surface area (Å²) in [5.41, 5.74) is 0.350. The van der Waals surface area contributed by atoms with Gasteiger partial charge in [0.25, 0.3) is 15.9 Å². The fourth-order valence-electron chi connectivity index (χ4n) is 2.62. The number of hydrogen-bond acceptors (Lipinski definition) is 7. The second-order valence-corrected chi connectivity index (χ2v) is 10.7. The molecule has 2 rings (SSSR count). The van der Waals surface area contributed by atoms with Gasteiger partial charge in [-0.3, -0.25) is 9.63 Å². The number of ether oxygens (including phenoxy) is 1. The van der Waals surface area contributed by atoms with Crippen LogP contribution in [0.1, 0.15) is 16.8 Å². The quantitative estimate of drug-likeness (QED) is 0.385. The summed E-state index contributed by atoms with van der Waals surface area (Å²) in [5.74, 6) is 0.179. The number of benzene rings is 2. The van der Waals surface area contributed by atoms with E-state index in [2.05, 4.69) is 0 Å². The summed E-state index contributed by atoms with van der Waals surface area (Å²) < 4.78 is 53.9. The zero-order valence-electron chi connectivity index (χ0n) is 17.8. The maximum absolute atomic E-state index is 12.5. The average Bonchev–Trinajstić information content (AvgIpc) is 2.75. The summed E-state index contributed by atoms with van der Waals surface area (Å²) in [7, 11) is -2.93. The molecule has 0 aliphatic heterocycles. The van der Waals surface area contributed by atoms with Gasteiger partial charge >= 0.3 is 0 Å².